The van der Waals surface area contributed by atoms with Crippen LogP contribution in [0.25, 0.3) is 6.08 Å². The number of aromatic nitrogens is 1. The lowest BCUT2D eigenvalue weighted by Gasteiger charge is -2.09. The van der Waals surface area contributed by atoms with E-state index in [1.807, 2.05) is 19.4 Å². The standard InChI is InChI=1S/C13H20N2/c1-10(2)13-5-6-15-9-12(13)7-11(3)8-14-4/h5-7,9-10,14H,8H2,1-4H3/b11-7+. The highest BCUT2D eigenvalue weighted by molar-refractivity contribution is 5.56. The Morgan fingerprint density at radius 2 is 2.27 bits per heavy atom. The topological polar surface area (TPSA) is 24.9 Å². The van der Waals surface area contributed by atoms with Crippen LogP contribution in [0.3, 0.4) is 0 Å². The van der Waals surface area contributed by atoms with Crippen LogP contribution in [0.15, 0.2) is 24.0 Å². The number of pyridine rings is 1. The molecule has 2 nitrogen and oxygen atoms in total. The van der Waals surface area contributed by atoms with Crippen LogP contribution in [0.2, 0.25) is 0 Å². The fourth-order valence-corrected chi connectivity index (χ4v) is 1.66. The summed E-state index contributed by atoms with van der Waals surface area (Å²) in [6.45, 7) is 7.47. The third-order valence-electron chi connectivity index (χ3n) is 2.37. The van der Waals surface area contributed by atoms with Crippen LogP contribution >= 0.6 is 0 Å². The van der Waals surface area contributed by atoms with Gasteiger partial charge in [0.05, 0.1) is 0 Å². The van der Waals surface area contributed by atoms with E-state index in [1.54, 1.807) is 0 Å². The van der Waals surface area contributed by atoms with Gasteiger partial charge >= 0.3 is 0 Å². The van der Waals surface area contributed by atoms with Gasteiger partial charge in [-0.05, 0) is 37.1 Å². The Hall–Kier alpha value is -1.15. The van der Waals surface area contributed by atoms with E-state index in [0.717, 1.165) is 6.54 Å². The van der Waals surface area contributed by atoms with Gasteiger partial charge < -0.3 is 5.32 Å². The third-order valence-corrected chi connectivity index (χ3v) is 2.37. The molecule has 0 unspecified atom stereocenters. The number of rotatable bonds is 4. The summed E-state index contributed by atoms with van der Waals surface area (Å²) in [5, 5.41) is 3.15. The number of hydrogen-bond acceptors (Lipinski definition) is 2. The molecule has 0 amide bonds. The minimum atomic E-state index is 0.543. The zero-order valence-electron chi connectivity index (χ0n) is 10.0. The fraction of sp³-hybridized carbons (Fsp3) is 0.462. The van der Waals surface area contributed by atoms with Gasteiger partial charge in [0.1, 0.15) is 0 Å². The molecule has 0 spiro atoms. The van der Waals surface area contributed by atoms with Crippen LogP contribution in [-0.4, -0.2) is 18.6 Å². The molecule has 0 aromatic carbocycles. The second-order valence-electron chi connectivity index (χ2n) is 4.18. The maximum absolute atomic E-state index is 4.18. The van der Waals surface area contributed by atoms with Gasteiger partial charge in [0, 0.05) is 18.9 Å². The predicted molar refractivity (Wildman–Crippen MR) is 65.9 cm³/mol. The minimum Gasteiger partial charge on any atom is -0.316 e. The average Bonchev–Trinajstić information content (AvgIpc) is 2.18. The predicted octanol–water partition coefficient (Wildman–Crippen LogP) is 2.83. The molecular formula is C13H20N2. The van der Waals surface area contributed by atoms with Crippen molar-refractivity contribution in [2.45, 2.75) is 26.7 Å². The Kier molecular flexibility index (Phi) is 4.50. The van der Waals surface area contributed by atoms with E-state index in [-0.39, 0.29) is 0 Å². The average molecular weight is 204 g/mol. The lowest BCUT2D eigenvalue weighted by molar-refractivity contribution is 0.857. The van der Waals surface area contributed by atoms with Gasteiger partial charge in [-0.15, -0.1) is 0 Å². The highest BCUT2D eigenvalue weighted by Gasteiger charge is 2.03. The number of likely N-dealkylation sites (N-methyl/N-ethyl adjacent to an activating group) is 1. The van der Waals surface area contributed by atoms with Gasteiger partial charge in [0.15, 0.2) is 0 Å². The Morgan fingerprint density at radius 3 is 2.87 bits per heavy atom. The van der Waals surface area contributed by atoms with Crippen molar-refractivity contribution in [2.24, 2.45) is 0 Å². The smallest absolute Gasteiger partial charge is 0.0343 e. The molecule has 0 aliphatic rings. The van der Waals surface area contributed by atoms with Crippen LogP contribution < -0.4 is 5.32 Å². The molecule has 0 bridgehead atoms. The Balaban J connectivity index is 2.98. The zero-order chi connectivity index (χ0) is 11.3. The number of hydrogen-bond donors (Lipinski definition) is 1. The maximum atomic E-state index is 4.18. The largest absolute Gasteiger partial charge is 0.316 e. The minimum absolute atomic E-state index is 0.543. The Labute approximate surface area is 92.4 Å². The number of nitrogens with one attached hydrogen (secondary N) is 1. The third kappa shape index (κ3) is 3.48. The lowest BCUT2D eigenvalue weighted by Crippen LogP contribution is -2.08. The first kappa shape index (κ1) is 11.9. The van der Waals surface area contributed by atoms with Gasteiger partial charge in [-0.1, -0.05) is 25.5 Å². The molecule has 1 aromatic rings. The number of nitrogens with zero attached hydrogens (tertiary/aromatic N) is 1. The quantitative estimate of drug-likeness (QED) is 0.815. The summed E-state index contributed by atoms with van der Waals surface area (Å²) >= 11 is 0. The van der Waals surface area contributed by atoms with E-state index in [0.29, 0.717) is 5.92 Å². The van der Waals surface area contributed by atoms with E-state index in [2.05, 4.69) is 43.2 Å². The van der Waals surface area contributed by atoms with Gasteiger partial charge in [-0.25, -0.2) is 0 Å². The molecule has 1 N–H and O–H groups in total. The summed E-state index contributed by atoms with van der Waals surface area (Å²) in [6.07, 6.45) is 6.01. The van der Waals surface area contributed by atoms with Crippen molar-refractivity contribution in [2.75, 3.05) is 13.6 Å². The van der Waals surface area contributed by atoms with E-state index in [9.17, 15) is 0 Å². The molecular weight excluding hydrogens is 184 g/mol. The Morgan fingerprint density at radius 1 is 1.53 bits per heavy atom. The molecule has 2 heteroatoms. The first-order valence-corrected chi connectivity index (χ1v) is 5.40. The molecule has 1 rings (SSSR count). The summed E-state index contributed by atoms with van der Waals surface area (Å²) in [4.78, 5) is 4.18. The van der Waals surface area contributed by atoms with Crippen molar-refractivity contribution in [1.29, 1.82) is 0 Å². The highest BCUT2D eigenvalue weighted by Crippen LogP contribution is 2.20. The summed E-state index contributed by atoms with van der Waals surface area (Å²) in [5.41, 5.74) is 3.92. The summed E-state index contributed by atoms with van der Waals surface area (Å²) in [5.74, 6) is 0.543. The molecule has 0 saturated heterocycles. The normalized spacial score (nSPS) is 12.2. The summed E-state index contributed by atoms with van der Waals surface area (Å²) in [7, 11) is 1.96. The SMILES string of the molecule is CNC/C(C)=C/c1cnccc1C(C)C. The van der Waals surface area contributed by atoms with Crippen molar-refractivity contribution in [3.05, 3.63) is 35.2 Å². The van der Waals surface area contributed by atoms with Crippen molar-refractivity contribution in [1.82, 2.24) is 10.3 Å². The van der Waals surface area contributed by atoms with Gasteiger partial charge in [0.2, 0.25) is 0 Å². The van der Waals surface area contributed by atoms with Crippen LogP contribution in [0.1, 0.15) is 37.8 Å². The molecule has 0 aliphatic heterocycles. The van der Waals surface area contributed by atoms with Crippen LogP contribution in [0.5, 0.6) is 0 Å². The molecule has 15 heavy (non-hydrogen) atoms. The first-order valence-electron chi connectivity index (χ1n) is 5.40. The van der Waals surface area contributed by atoms with Crippen LogP contribution in [0, 0.1) is 0 Å². The monoisotopic (exact) mass is 204 g/mol. The fourth-order valence-electron chi connectivity index (χ4n) is 1.66. The van der Waals surface area contributed by atoms with Gasteiger partial charge in [0.25, 0.3) is 0 Å². The molecule has 0 saturated carbocycles. The van der Waals surface area contributed by atoms with Crippen LogP contribution in [0.4, 0.5) is 0 Å². The second-order valence-corrected chi connectivity index (χ2v) is 4.18. The highest BCUT2D eigenvalue weighted by atomic mass is 14.8. The molecule has 0 atom stereocenters. The van der Waals surface area contributed by atoms with E-state index < -0.39 is 0 Å². The molecule has 0 aliphatic carbocycles. The Bertz CT molecular complexity index is 340. The lowest BCUT2D eigenvalue weighted by atomic mass is 9.98. The van der Waals surface area contributed by atoms with Crippen molar-refractivity contribution < 1.29 is 0 Å². The first-order chi connectivity index (χ1) is 7.15. The molecule has 1 heterocycles. The molecule has 82 valence electrons. The summed E-state index contributed by atoms with van der Waals surface area (Å²) in [6, 6.07) is 2.10. The molecule has 1 aromatic heterocycles. The van der Waals surface area contributed by atoms with E-state index in [4.69, 9.17) is 0 Å². The molecule has 0 fully saturated rings. The van der Waals surface area contributed by atoms with E-state index >= 15 is 0 Å². The zero-order valence-corrected chi connectivity index (χ0v) is 10.0. The van der Waals surface area contributed by atoms with Gasteiger partial charge in [-0.3, -0.25) is 4.98 Å². The van der Waals surface area contributed by atoms with Crippen molar-refractivity contribution >= 4 is 6.08 Å². The maximum Gasteiger partial charge on any atom is 0.0343 e. The summed E-state index contributed by atoms with van der Waals surface area (Å²) < 4.78 is 0. The second kappa shape index (κ2) is 5.66. The van der Waals surface area contributed by atoms with Gasteiger partial charge in [-0.2, -0.15) is 0 Å². The van der Waals surface area contributed by atoms with Crippen LogP contribution in [-0.2, 0) is 0 Å². The molecule has 0 radical (unpaired) electrons. The van der Waals surface area contributed by atoms with E-state index in [1.165, 1.54) is 16.7 Å². The van der Waals surface area contributed by atoms with Crippen molar-refractivity contribution in [3.63, 3.8) is 0 Å². The van der Waals surface area contributed by atoms with Crippen molar-refractivity contribution in [3.8, 4) is 0 Å².